The molecular weight excluding hydrogens is 408 g/mol. The van der Waals surface area contributed by atoms with E-state index in [1.54, 1.807) is 30.1 Å². The van der Waals surface area contributed by atoms with Gasteiger partial charge in [0.25, 0.3) is 0 Å². The summed E-state index contributed by atoms with van der Waals surface area (Å²) in [5.41, 5.74) is 0.678. The molecule has 0 radical (unpaired) electrons. The molecule has 0 spiro atoms. The lowest BCUT2D eigenvalue weighted by Crippen LogP contribution is -2.46. The van der Waals surface area contributed by atoms with Crippen molar-refractivity contribution >= 4 is 15.9 Å². The Morgan fingerprint density at radius 1 is 1.27 bits per heavy atom. The lowest BCUT2D eigenvalue weighted by molar-refractivity contribution is -0.135. The van der Waals surface area contributed by atoms with E-state index in [1.807, 2.05) is 0 Å². The van der Waals surface area contributed by atoms with Crippen molar-refractivity contribution in [2.75, 3.05) is 40.5 Å². The van der Waals surface area contributed by atoms with Gasteiger partial charge in [-0.2, -0.15) is 4.31 Å². The molecule has 9 heteroatoms. The standard InChI is InChI=1S/C21H32N2O6S/c1-22(18-5-3-4-6-19(18)24)21(25)10-7-16-15-17(8-9-20(16)28-2)30(26,27)23-11-13-29-14-12-23/h8-9,15,18-19,24H,3-7,10-14H2,1-2H3/t18-,19-/m1/s1. The van der Waals surface area contributed by atoms with Gasteiger partial charge in [-0.25, -0.2) is 8.42 Å². The molecule has 0 aromatic heterocycles. The number of carbonyl (C=O) groups excluding carboxylic acids is 1. The highest BCUT2D eigenvalue weighted by atomic mass is 32.2. The van der Waals surface area contributed by atoms with Gasteiger partial charge in [-0.3, -0.25) is 4.79 Å². The van der Waals surface area contributed by atoms with Crippen molar-refractivity contribution < 1.29 is 27.8 Å². The number of nitrogens with zero attached hydrogens (tertiary/aromatic N) is 2. The number of hydrogen-bond acceptors (Lipinski definition) is 6. The molecule has 1 saturated carbocycles. The van der Waals surface area contributed by atoms with Crippen LogP contribution in [0.15, 0.2) is 23.1 Å². The number of morpholine rings is 1. The highest BCUT2D eigenvalue weighted by Gasteiger charge is 2.30. The van der Waals surface area contributed by atoms with Crippen LogP contribution in [0.3, 0.4) is 0 Å². The first kappa shape index (κ1) is 23.0. The number of benzene rings is 1. The summed E-state index contributed by atoms with van der Waals surface area (Å²) in [5.74, 6) is 0.494. The summed E-state index contributed by atoms with van der Waals surface area (Å²) in [6.07, 6.45) is 3.62. The fourth-order valence-corrected chi connectivity index (χ4v) is 5.65. The molecule has 0 bridgehead atoms. The molecular formula is C21H32N2O6S. The third-order valence-electron chi connectivity index (χ3n) is 6.05. The highest BCUT2D eigenvalue weighted by Crippen LogP contribution is 2.27. The van der Waals surface area contributed by atoms with Gasteiger partial charge in [0.2, 0.25) is 15.9 Å². The van der Waals surface area contributed by atoms with Gasteiger partial charge in [-0.1, -0.05) is 12.8 Å². The molecule has 2 aliphatic rings. The van der Waals surface area contributed by atoms with Crippen molar-refractivity contribution in [3.63, 3.8) is 0 Å². The molecule has 2 atom stereocenters. The Balaban J connectivity index is 1.71. The SMILES string of the molecule is COc1ccc(S(=O)(=O)N2CCOCC2)cc1CCC(=O)N(C)[C@@H]1CCCC[C@H]1O. The minimum absolute atomic E-state index is 0.0653. The molecule has 1 aromatic rings. The molecule has 1 aromatic carbocycles. The van der Waals surface area contributed by atoms with Crippen LogP contribution >= 0.6 is 0 Å². The molecule has 30 heavy (non-hydrogen) atoms. The smallest absolute Gasteiger partial charge is 0.243 e. The molecule has 1 N–H and O–H groups in total. The zero-order valence-electron chi connectivity index (χ0n) is 17.7. The molecule has 1 amide bonds. The molecule has 2 fully saturated rings. The normalized spacial score (nSPS) is 23.2. The molecule has 0 unspecified atom stereocenters. The maximum Gasteiger partial charge on any atom is 0.243 e. The first-order chi connectivity index (χ1) is 14.3. The maximum absolute atomic E-state index is 13.0. The van der Waals surface area contributed by atoms with Crippen molar-refractivity contribution in [3.05, 3.63) is 23.8 Å². The quantitative estimate of drug-likeness (QED) is 0.689. The summed E-state index contributed by atoms with van der Waals surface area (Å²) >= 11 is 0. The number of carbonyl (C=O) groups is 1. The molecule has 1 aliphatic carbocycles. The van der Waals surface area contributed by atoms with Gasteiger partial charge in [0.1, 0.15) is 5.75 Å². The summed E-state index contributed by atoms with van der Waals surface area (Å²) < 4.78 is 38.0. The van der Waals surface area contributed by atoms with Gasteiger partial charge in [0.05, 0.1) is 37.4 Å². The number of ether oxygens (including phenoxy) is 2. The van der Waals surface area contributed by atoms with Gasteiger partial charge < -0.3 is 19.5 Å². The third kappa shape index (κ3) is 5.14. The minimum Gasteiger partial charge on any atom is -0.496 e. The van der Waals surface area contributed by atoms with E-state index >= 15 is 0 Å². The number of hydrogen-bond donors (Lipinski definition) is 1. The number of amides is 1. The average Bonchev–Trinajstić information content (AvgIpc) is 2.77. The predicted octanol–water partition coefficient (Wildman–Crippen LogP) is 1.41. The molecule has 3 rings (SSSR count). The van der Waals surface area contributed by atoms with E-state index < -0.39 is 16.1 Å². The topological polar surface area (TPSA) is 96.4 Å². The summed E-state index contributed by atoms with van der Waals surface area (Å²) in [7, 11) is -0.356. The number of likely N-dealkylation sites (N-methyl/N-ethyl adjacent to an activating group) is 1. The van der Waals surface area contributed by atoms with Gasteiger partial charge in [-0.05, 0) is 43.0 Å². The van der Waals surface area contributed by atoms with Crippen LogP contribution in [0.4, 0.5) is 0 Å². The van der Waals surface area contributed by atoms with Crippen LogP contribution in [-0.4, -0.2) is 81.2 Å². The van der Waals surface area contributed by atoms with Crippen LogP contribution in [0, 0.1) is 0 Å². The largest absolute Gasteiger partial charge is 0.496 e. The Morgan fingerprint density at radius 2 is 1.97 bits per heavy atom. The zero-order chi connectivity index (χ0) is 21.7. The third-order valence-corrected chi connectivity index (χ3v) is 7.95. The monoisotopic (exact) mass is 440 g/mol. The first-order valence-corrected chi connectivity index (χ1v) is 12.0. The molecule has 1 heterocycles. The minimum atomic E-state index is -3.62. The summed E-state index contributed by atoms with van der Waals surface area (Å²) in [6, 6.07) is 4.63. The number of aryl methyl sites for hydroxylation is 1. The lowest BCUT2D eigenvalue weighted by atomic mass is 9.91. The van der Waals surface area contributed by atoms with E-state index in [2.05, 4.69) is 0 Å². The Kier molecular flexibility index (Phi) is 7.73. The Morgan fingerprint density at radius 3 is 2.63 bits per heavy atom. The highest BCUT2D eigenvalue weighted by molar-refractivity contribution is 7.89. The number of aliphatic hydroxyl groups excluding tert-OH is 1. The van der Waals surface area contributed by atoms with Crippen LogP contribution in [0.1, 0.15) is 37.7 Å². The van der Waals surface area contributed by atoms with Crippen LogP contribution in [-0.2, 0) is 26.0 Å². The summed E-state index contributed by atoms with van der Waals surface area (Å²) in [5, 5.41) is 10.2. The Bertz CT molecular complexity index is 838. The first-order valence-electron chi connectivity index (χ1n) is 10.5. The van der Waals surface area contributed by atoms with Crippen molar-refractivity contribution in [1.29, 1.82) is 0 Å². The van der Waals surface area contributed by atoms with Gasteiger partial charge >= 0.3 is 0 Å². The fourth-order valence-electron chi connectivity index (χ4n) is 4.19. The molecule has 168 valence electrons. The fraction of sp³-hybridized carbons (Fsp3) is 0.667. The lowest BCUT2D eigenvalue weighted by Gasteiger charge is -2.35. The zero-order valence-corrected chi connectivity index (χ0v) is 18.6. The number of rotatable bonds is 7. The second kappa shape index (κ2) is 10.1. The van der Waals surface area contributed by atoms with E-state index in [-0.39, 0.29) is 23.3 Å². The number of methoxy groups -OCH3 is 1. The van der Waals surface area contributed by atoms with Crippen LogP contribution in [0.25, 0.3) is 0 Å². The molecule has 1 saturated heterocycles. The van der Waals surface area contributed by atoms with Crippen molar-refractivity contribution in [2.24, 2.45) is 0 Å². The van der Waals surface area contributed by atoms with Crippen molar-refractivity contribution in [2.45, 2.75) is 55.6 Å². The van der Waals surface area contributed by atoms with E-state index in [0.29, 0.717) is 44.0 Å². The van der Waals surface area contributed by atoms with Gasteiger partial charge in [-0.15, -0.1) is 0 Å². The Labute approximate surface area is 178 Å². The molecule has 1 aliphatic heterocycles. The molecule has 8 nitrogen and oxygen atoms in total. The average molecular weight is 441 g/mol. The van der Waals surface area contributed by atoms with E-state index in [9.17, 15) is 18.3 Å². The second-order valence-corrected chi connectivity index (χ2v) is 9.85. The van der Waals surface area contributed by atoms with Crippen molar-refractivity contribution in [3.8, 4) is 5.75 Å². The van der Waals surface area contributed by atoms with Crippen LogP contribution < -0.4 is 4.74 Å². The Hall–Kier alpha value is -1.68. The van der Waals surface area contributed by atoms with E-state index in [1.165, 1.54) is 11.4 Å². The van der Waals surface area contributed by atoms with Gasteiger partial charge in [0.15, 0.2) is 0 Å². The maximum atomic E-state index is 13.0. The van der Waals surface area contributed by atoms with Gasteiger partial charge in [0, 0.05) is 26.6 Å². The van der Waals surface area contributed by atoms with E-state index in [4.69, 9.17) is 9.47 Å². The van der Waals surface area contributed by atoms with Crippen LogP contribution in [0.5, 0.6) is 5.75 Å². The predicted molar refractivity (Wildman–Crippen MR) is 112 cm³/mol. The number of sulfonamides is 1. The second-order valence-electron chi connectivity index (χ2n) is 7.91. The van der Waals surface area contributed by atoms with E-state index in [0.717, 1.165) is 25.7 Å². The summed E-state index contributed by atoms with van der Waals surface area (Å²) in [6.45, 7) is 1.43. The van der Waals surface area contributed by atoms with Crippen LogP contribution in [0.2, 0.25) is 0 Å². The number of aliphatic hydroxyl groups is 1. The summed E-state index contributed by atoms with van der Waals surface area (Å²) in [4.78, 5) is 14.6. The van der Waals surface area contributed by atoms with Crippen molar-refractivity contribution in [1.82, 2.24) is 9.21 Å².